The molecule has 5 nitrogen and oxygen atoms in total. The van der Waals surface area contributed by atoms with E-state index in [1.807, 2.05) is 6.07 Å². The molecule has 5 heteroatoms. The number of hydrogen-bond acceptors (Lipinski definition) is 4. The van der Waals surface area contributed by atoms with E-state index in [-0.39, 0.29) is 29.4 Å². The largest absolute Gasteiger partial charge is 0.299 e. The molecule has 0 heterocycles. The van der Waals surface area contributed by atoms with Gasteiger partial charge in [0.15, 0.2) is 0 Å². The Bertz CT molecular complexity index is 501. The summed E-state index contributed by atoms with van der Waals surface area (Å²) in [6.07, 6.45) is 0.137. The Hall–Kier alpha value is -2.22. The molecule has 0 atom stereocenters. The van der Waals surface area contributed by atoms with Crippen molar-refractivity contribution in [3.8, 4) is 6.07 Å². The van der Waals surface area contributed by atoms with Gasteiger partial charge in [0.25, 0.3) is 5.69 Å². The van der Waals surface area contributed by atoms with Gasteiger partial charge in [0.05, 0.1) is 16.6 Å². The number of carbonyl (C=O) groups excluding carboxylic acids is 1. The molecular weight excluding hydrogens is 220 g/mol. The van der Waals surface area contributed by atoms with Crippen LogP contribution in [0.5, 0.6) is 0 Å². The molecular formula is C12H12N2O3. The Morgan fingerprint density at radius 3 is 2.65 bits per heavy atom. The van der Waals surface area contributed by atoms with Crippen molar-refractivity contribution < 1.29 is 9.72 Å². The van der Waals surface area contributed by atoms with E-state index in [1.54, 1.807) is 13.8 Å². The lowest BCUT2D eigenvalue weighted by molar-refractivity contribution is -0.384. The van der Waals surface area contributed by atoms with E-state index >= 15 is 0 Å². The number of nitro groups is 1. The number of hydrogen-bond donors (Lipinski definition) is 0. The lowest BCUT2D eigenvalue weighted by Gasteiger charge is -2.05. The lowest BCUT2D eigenvalue weighted by atomic mass is 9.97. The van der Waals surface area contributed by atoms with Crippen LogP contribution in [-0.2, 0) is 11.2 Å². The third kappa shape index (κ3) is 3.11. The number of rotatable bonds is 4. The zero-order valence-corrected chi connectivity index (χ0v) is 9.64. The molecule has 88 valence electrons. The first kappa shape index (κ1) is 12.8. The average Bonchev–Trinajstić information content (AvgIpc) is 2.28. The number of non-ortho nitro benzene ring substituents is 1. The van der Waals surface area contributed by atoms with Gasteiger partial charge in [-0.25, -0.2) is 0 Å². The number of benzene rings is 1. The van der Waals surface area contributed by atoms with Crippen LogP contribution in [-0.4, -0.2) is 10.7 Å². The summed E-state index contributed by atoms with van der Waals surface area (Å²) in [5, 5.41) is 19.4. The van der Waals surface area contributed by atoms with E-state index in [0.29, 0.717) is 5.56 Å². The molecule has 0 saturated heterocycles. The Kier molecular flexibility index (Phi) is 3.94. The van der Waals surface area contributed by atoms with Crippen molar-refractivity contribution >= 4 is 11.5 Å². The molecule has 0 aliphatic rings. The Labute approximate surface area is 98.8 Å². The average molecular weight is 232 g/mol. The van der Waals surface area contributed by atoms with Crippen LogP contribution in [0.1, 0.15) is 25.0 Å². The molecule has 0 amide bonds. The molecule has 0 saturated carbocycles. The number of ketones is 1. The summed E-state index contributed by atoms with van der Waals surface area (Å²) < 4.78 is 0. The topological polar surface area (TPSA) is 84.0 Å². The SMILES string of the molecule is CC(C)C(=O)Cc1ccc([N+](=O)[O-])cc1C#N. The number of Topliss-reactive ketones (excluding diaryl/α,β-unsaturated/α-hetero) is 1. The lowest BCUT2D eigenvalue weighted by Crippen LogP contribution is -2.11. The molecule has 0 fully saturated rings. The summed E-state index contributed by atoms with van der Waals surface area (Å²) in [6.45, 7) is 3.56. The van der Waals surface area contributed by atoms with Crippen LogP contribution in [0, 0.1) is 27.4 Å². The molecule has 0 radical (unpaired) electrons. The molecule has 17 heavy (non-hydrogen) atoms. The fraction of sp³-hybridized carbons (Fsp3) is 0.333. The van der Waals surface area contributed by atoms with Crippen LogP contribution < -0.4 is 0 Å². The minimum absolute atomic E-state index is 0.00959. The molecule has 0 N–H and O–H groups in total. The van der Waals surface area contributed by atoms with Gasteiger partial charge in [-0.3, -0.25) is 14.9 Å². The van der Waals surface area contributed by atoms with E-state index < -0.39 is 4.92 Å². The highest BCUT2D eigenvalue weighted by Gasteiger charge is 2.14. The third-order valence-electron chi connectivity index (χ3n) is 2.43. The summed E-state index contributed by atoms with van der Waals surface area (Å²) in [4.78, 5) is 21.5. The van der Waals surface area contributed by atoms with Gasteiger partial charge in [0, 0.05) is 24.5 Å². The maximum absolute atomic E-state index is 11.6. The summed E-state index contributed by atoms with van der Waals surface area (Å²) >= 11 is 0. The minimum atomic E-state index is -0.561. The van der Waals surface area contributed by atoms with E-state index in [2.05, 4.69) is 0 Å². The van der Waals surface area contributed by atoms with E-state index in [4.69, 9.17) is 5.26 Å². The molecule has 0 spiro atoms. The first-order chi connectivity index (χ1) is 7.95. The van der Waals surface area contributed by atoms with Crippen molar-refractivity contribution in [3.63, 3.8) is 0 Å². The molecule has 0 bridgehead atoms. The highest BCUT2D eigenvalue weighted by Crippen LogP contribution is 2.18. The molecule has 0 aliphatic carbocycles. The highest BCUT2D eigenvalue weighted by atomic mass is 16.6. The molecule has 1 aromatic carbocycles. The highest BCUT2D eigenvalue weighted by molar-refractivity contribution is 5.83. The van der Waals surface area contributed by atoms with E-state index in [0.717, 1.165) is 0 Å². The van der Waals surface area contributed by atoms with Crippen LogP contribution in [0.15, 0.2) is 18.2 Å². The van der Waals surface area contributed by atoms with Crippen LogP contribution in [0.4, 0.5) is 5.69 Å². The zero-order valence-electron chi connectivity index (χ0n) is 9.64. The fourth-order valence-corrected chi connectivity index (χ4v) is 1.33. The van der Waals surface area contributed by atoms with Crippen molar-refractivity contribution in [3.05, 3.63) is 39.4 Å². The van der Waals surface area contributed by atoms with Gasteiger partial charge in [-0.05, 0) is 5.56 Å². The smallest absolute Gasteiger partial charge is 0.270 e. The minimum Gasteiger partial charge on any atom is -0.299 e. The van der Waals surface area contributed by atoms with Crippen molar-refractivity contribution in [1.29, 1.82) is 5.26 Å². The van der Waals surface area contributed by atoms with Crippen LogP contribution in [0.3, 0.4) is 0 Å². The van der Waals surface area contributed by atoms with Gasteiger partial charge < -0.3 is 0 Å². The predicted molar refractivity (Wildman–Crippen MR) is 61.4 cm³/mol. The summed E-state index contributed by atoms with van der Waals surface area (Å²) in [6, 6.07) is 5.85. The fourth-order valence-electron chi connectivity index (χ4n) is 1.33. The van der Waals surface area contributed by atoms with E-state index in [9.17, 15) is 14.9 Å². The normalized spacial score (nSPS) is 10.0. The van der Waals surface area contributed by atoms with Gasteiger partial charge in [-0.2, -0.15) is 5.26 Å². The van der Waals surface area contributed by atoms with Gasteiger partial charge in [0.1, 0.15) is 5.78 Å². The Balaban J connectivity index is 3.06. The molecule has 1 rings (SSSR count). The summed E-state index contributed by atoms with van der Waals surface area (Å²) in [5.74, 6) is -0.105. The maximum atomic E-state index is 11.6. The van der Waals surface area contributed by atoms with Gasteiger partial charge in [0.2, 0.25) is 0 Å². The number of nitriles is 1. The number of nitro benzene ring substituents is 1. The first-order valence-electron chi connectivity index (χ1n) is 5.16. The molecule has 0 unspecified atom stereocenters. The van der Waals surface area contributed by atoms with Crippen molar-refractivity contribution in [2.75, 3.05) is 0 Å². The van der Waals surface area contributed by atoms with Crippen LogP contribution in [0.2, 0.25) is 0 Å². The standard InChI is InChI=1S/C12H12N2O3/c1-8(2)12(15)6-9-3-4-11(14(16)17)5-10(9)7-13/h3-5,8H,6H2,1-2H3. The Morgan fingerprint density at radius 1 is 1.53 bits per heavy atom. The second kappa shape index (κ2) is 5.21. The van der Waals surface area contributed by atoms with Crippen molar-refractivity contribution in [1.82, 2.24) is 0 Å². The van der Waals surface area contributed by atoms with Crippen LogP contribution in [0.25, 0.3) is 0 Å². The zero-order chi connectivity index (χ0) is 13.0. The van der Waals surface area contributed by atoms with Crippen LogP contribution >= 0.6 is 0 Å². The van der Waals surface area contributed by atoms with Crippen molar-refractivity contribution in [2.24, 2.45) is 5.92 Å². The van der Waals surface area contributed by atoms with Gasteiger partial charge in [-0.1, -0.05) is 19.9 Å². The van der Waals surface area contributed by atoms with Gasteiger partial charge >= 0.3 is 0 Å². The quantitative estimate of drug-likeness (QED) is 0.588. The van der Waals surface area contributed by atoms with Crippen molar-refractivity contribution in [2.45, 2.75) is 20.3 Å². The monoisotopic (exact) mass is 232 g/mol. The first-order valence-corrected chi connectivity index (χ1v) is 5.16. The predicted octanol–water partition coefficient (Wildman–Crippen LogP) is 2.23. The number of carbonyl (C=O) groups is 1. The third-order valence-corrected chi connectivity index (χ3v) is 2.43. The number of nitrogens with zero attached hydrogens (tertiary/aromatic N) is 2. The Morgan fingerprint density at radius 2 is 2.18 bits per heavy atom. The second-order valence-electron chi connectivity index (χ2n) is 4.01. The maximum Gasteiger partial charge on any atom is 0.270 e. The summed E-state index contributed by atoms with van der Waals surface area (Å²) in [7, 11) is 0. The van der Waals surface area contributed by atoms with Gasteiger partial charge in [-0.15, -0.1) is 0 Å². The molecule has 0 aromatic heterocycles. The summed E-state index contributed by atoms with van der Waals surface area (Å²) in [5.41, 5.74) is 0.590. The molecule has 0 aliphatic heterocycles. The second-order valence-corrected chi connectivity index (χ2v) is 4.01. The van der Waals surface area contributed by atoms with E-state index in [1.165, 1.54) is 18.2 Å². The molecule has 1 aromatic rings.